The fourth-order valence-electron chi connectivity index (χ4n) is 10.7. The van der Waals surface area contributed by atoms with Crippen LogP contribution in [-0.4, -0.2) is 36.4 Å². The summed E-state index contributed by atoms with van der Waals surface area (Å²) in [6.45, 7) is 13.4. The van der Waals surface area contributed by atoms with E-state index >= 15 is 0 Å². The van der Waals surface area contributed by atoms with Crippen LogP contribution in [0.1, 0.15) is 77.0 Å². The van der Waals surface area contributed by atoms with Gasteiger partial charge in [-0.15, -0.1) is 0 Å². The second kappa shape index (κ2) is 7.97. The number of methoxy groups -OCH3 is 1. The molecule has 202 valence electrons. The number of carbonyl (C=O) groups excluding carboxylic acids is 2. The Hall–Kier alpha value is -2.08. The number of fused-ring (bicyclic) bond motifs is 4. The molecule has 4 aliphatic carbocycles. The van der Waals surface area contributed by atoms with Crippen LogP contribution in [0.4, 0.5) is 0 Å². The highest BCUT2D eigenvalue weighted by molar-refractivity contribution is 5.91. The minimum absolute atomic E-state index is 0.0272. The molecule has 1 spiro atoms. The lowest BCUT2D eigenvalue weighted by Crippen LogP contribution is -2.62. The van der Waals surface area contributed by atoms with E-state index < -0.39 is 12.2 Å². The van der Waals surface area contributed by atoms with Crippen molar-refractivity contribution in [2.24, 2.45) is 45.3 Å². The van der Waals surface area contributed by atoms with E-state index in [1.54, 1.807) is 0 Å². The van der Waals surface area contributed by atoms with Gasteiger partial charge in [0.1, 0.15) is 11.9 Å². The number of aliphatic hydroxyl groups excluding tert-OH is 1. The van der Waals surface area contributed by atoms with Gasteiger partial charge in [-0.3, -0.25) is 4.79 Å². The van der Waals surface area contributed by atoms with E-state index in [4.69, 9.17) is 13.9 Å². The third-order valence-corrected chi connectivity index (χ3v) is 12.4. The quantitative estimate of drug-likeness (QED) is 0.407. The summed E-state index contributed by atoms with van der Waals surface area (Å²) in [5.74, 6) is 1.24. The van der Waals surface area contributed by atoms with Crippen molar-refractivity contribution in [3.05, 3.63) is 35.8 Å². The number of ether oxygens (including phenoxy) is 2. The molecule has 1 aliphatic heterocycles. The van der Waals surface area contributed by atoms with Crippen LogP contribution < -0.4 is 0 Å². The molecule has 6 heteroatoms. The minimum atomic E-state index is -0.714. The second-order valence-electron chi connectivity index (χ2n) is 13.7. The van der Waals surface area contributed by atoms with Gasteiger partial charge in [0.25, 0.3) is 0 Å². The van der Waals surface area contributed by atoms with Gasteiger partial charge in [0.2, 0.25) is 0 Å². The summed E-state index contributed by atoms with van der Waals surface area (Å²) in [6, 6.07) is 2.15. The van der Waals surface area contributed by atoms with Gasteiger partial charge in [0.05, 0.1) is 19.5 Å². The number of aliphatic hydroxyl groups is 1. The standard InChI is InChI=1S/C31H42O6/c1-17-13-20(36-15-17)14-18(2)21-7-9-29(5)26-24(33)25-23(19(3)27(34)37-25)30(10-8-22(32)35-6)16-31(26,30)12-11-28(21,29)4/h13,15,18,21,23-26,33H,3,7-12,14,16H2,1-2,4-6H3/t18-,21-,23-,24+,25+,26+,28-,29+,30-,31+/m1/s1. The van der Waals surface area contributed by atoms with Crippen molar-refractivity contribution >= 4 is 11.9 Å². The zero-order chi connectivity index (χ0) is 26.5. The molecular weight excluding hydrogens is 468 g/mol. The molecule has 4 saturated carbocycles. The number of hydrogen-bond acceptors (Lipinski definition) is 6. The number of aryl methyl sites for hydroxylation is 1. The maximum absolute atomic E-state index is 12.7. The zero-order valence-electron chi connectivity index (χ0n) is 23.0. The molecule has 37 heavy (non-hydrogen) atoms. The molecule has 1 N–H and O–H groups in total. The average Bonchev–Trinajstić information content (AvgIpc) is 3.04. The normalized spacial score (nSPS) is 46.4. The summed E-state index contributed by atoms with van der Waals surface area (Å²) >= 11 is 0. The molecule has 0 amide bonds. The molecule has 0 bridgehead atoms. The predicted molar refractivity (Wildman–Crippen MR) is 137 cm³/mol. The Morgan fingerprint density at radius 1 is 1.27 bits per heavy atom. The van der Waals surface area contributed by atoms with Gasteiger partial charge < -0.3 is 19.0 Å². The molecular formula is C31H42O6. The van der Waals surface area contributed by atoms with Crippen LogP contribution >= 0.6 is 0 Å². The predicted octanol–water partition coefficient (Wildman–Crippen LogP) is 5.40. The molecule has 10 atom stereocenters. The highest BCUT2D eigenvalue weighted by atomic mass is 16.6. The van der Waals surface area contributed by atoms with E-state index in [-0.39, 0.29) is 45.4 Å². The Balaban J connectivity index is 1.36. The van der Waals surface area contributed by atoms with E-state index in [0.717, 1.165) is 49.8 Å². The van der Waals surface area contributed by atoms with Gasteiger partial charge in [-0.25, -0.2) is 4.79 Å². The largest absolute Gasteiger partial charge is 0.469 e. The smallest absolute Gasteiger partial charge is 0.334 e. The van der Waals surface area contributed by atoms with Gasteiger partial charge in [-0.1, -0.05) is 27.4 Å². The third kappa shape index (κ3) is 3.08. The first-order valence-corrected chi connectivity index (χ1v) is 14.1. The third-order valence-electron chi connectivity index (χ3n) is 12.4. The second-order valence-corrected chi connectivity index (χ2v) is 13.7. The Morgan fingerprint density at radius 3 is 2.70 bits per heavy atom. The number of hydrogen-bond donors (Lipinski definition) is 1. The number of furan rings is 1. The summed E-state index contributed by atoms with van der Waals surface area (Å²) in [5.41, 5.74) is 1.29. The Bertz CT molecular complexity index is 1150. The summed E-state index contributed by atoms with van der Waals surface area (Å²) in [7, 11) is 1.43. The highest BCUT2D eigenvalue weighted by Gasteiger charge is 2.85. The number of esters is 2. The molecule has 0 aromatic carbocycles. The molecule has 1 aromatic heterocycles. The van der Waals surface area contributed by atoms with Gasteiger partial charge in [0.15, 0.2) is 0 Å². The molecule has 1 aromatic rings. The van der Waals surface area contributed by atoms with Crippen LogP contribution in [0, 0.1) is 52.3 Å². The van der Waals surface area contributed by atoms with Crippen molar-refractivity contribution in [3.63, 3.8) is 0 Å². The lowest BCUT2D eigenvalue weighted by molar-refractivity contribution is -0.203. The average molecular weight is 511 g/mol. The van der Waals surface area contributed by atoms with Crippen molar-refractivity contribution in [2.75, 3.05) is 7.11 Å². The van der Waals surface area contributed by atoms with Crippen molar-refractivity contribution in [3.8, 4) is 0 Å². The highest BCUT2D eigenvalue weighted by Crippen LogP contribution is 2.88. The van der Waals surface area contributed by atoms with E-state index in [1.165, 1.54) is 7.11 Å². The molecule has 5 aliphatic rings. The van der Waals surface area contributed by atoms with Crippen LogP contribution in [0.15, 0.2) is 28.9 Å². The van der Waals surface area contributed by atoms with Crippen LogP contribution in [-0.2, 0) is 25.5 Å². The monoisotopic (exact) mass is 510 g/mol. The van der Waals surface area contributed by atoms with Crippen LogP contribution in [0.3, 0.4) is 0 Å². The van der Waals surface area contributed by atoms with Gasteiger partial charge in [0, 0.05) is 30.3 Å². The van der Waals surface area contributed by atoms with Crippen molar-refractivity contribution in [2.45, 2.75) is 91.3 Å². The summed E-state index contributed by atoms with van der Waals surface area (Å²) in [4.78, 5) is 25.0. The lowest BCUT2D eigenvalue weighted by Gasteiger charge is -2.62. The fourth-order valence-corrected chi connectivity index (χ4v) is 10.7. The molecule has 0 radical (unpaired) electrons. The minimum Gasteiger partial charge on any atom is -0.469 e. The van der Waals surface area contributed by atoms with E-state index in [9.17, 15) is 14.7 Å². The molecule has 6 rings (SSSR count). The molecule has 2 heterocycles. The van der Waals surface area contributed by atoms with E-state index in [2.05, 4.69) is 40.3 Å². The lowest BCUT2D eigenvalue weighted by atomic mass is 9.42. The van der Waals surface area contributed by atoms with Crippen LogP contribution in [0.25, 0.3) is 0 Å². The fraction of sp³-hybridized carbons (Fsp3) is 0.742. The maximum Gasteiger partial charge on any atom is 0.334 e. The van der Waals surface area contributed by atoms with Crippen molar-refractivity contribution < 1.29 is 28.6 Å². The molecule has 1 saturated heterocycles. The van der Waals surface area contributed by atoms with E-state index in [1.807, 2.05) is 6.26 Å². The summed E-state index contributed by atoms with van der Waals surface area (Å²) < 4.78 is 16.7. The van der Waals surface area contributed by atoms with Crippen LogP contribution in [0.5, 0.6) is 0 Å². The Morgan fingerprint density at radius 2 is 2.03 bits per heavy atom. The topological polar surface area (TPSA) is 86.0 Å². The van der Waals surface area contributed by atoms with Gasteiger partial charge in [-0.2, -0.15) is 0 Å². The molecule has 6 nitrogen and oxygen atoms in total. The maximum atomic E-state index is 12.7. The number of rotatable bonds is 6. The number of carbonyl (C=O) groups is 2. The SMILES string of the molecule is C=C1C(=O)O[C@@H]2[C@H](O)[C@@H]3[C@]4(CC[C@]5(C)[C@@H]([C@H](C)Cc6cc(C)co6)CC[C@@]35C)C[C@]4(CCC(=O)OC)[C@H]12. The summed E-state index contributed by atoms with van der Waals surface area (Å²) in [5, 5.41) is 12.0. The Kier molecular flexibility index (Phi) is 5.43. The zero-order valence-corrected chi connectivity index (χ0v) is 23.0. The summed E-state index contributed by atoms with van der Waals surface area (Å²) in [6.07, 6.45) is 7.66. The first kappa shape index (κ1) is 25.2. The van der Waals surface area contributed by atoms with E-state index in [0.29, 0.717) is 30.3 Å². The van der Waals surface area contributed by atoms with Gasteiger partial charge >= 0.3 is 11.9 Å². The molecule has 5 fully saturated rings. The van der Waals surface area contributed by atoms with Crippen LogP contribution in [0.2, 0.25) is 0 Å². The van der Waals surface area contributed by atoms with Crippen molar-refractivity contribution in [1.82, 2.24) is 0 Å². The van der Waals surface area contributed by atoms with Gasteiger partial charge in [-0.05, 0) is 90.6 Å². The molecule has 0 unspecified atom stereocenters. The Labute approximate surface area is 220 Å². The van der Waals surface area contributed by atoms with Crippen molar-refractivity contribution in [1.29, 1.82) is 0 Å². The first-order chi connectivity index (χ1) is 17.4. The first-order valence-electron chi connectivity index (χ1n) is 14.1.